The molecule has 0 aliphatic rings. The van der Waals surface area contributed by atoms with Crippen molar-refractivity contribution in [2.45, 2.75) is 4.90 Å². The fraction of sp³-hybridized carbons (Fsp3) is 0. The van der Waals surface area contributed by atoms with Gasteiger partial charge < -0.3 is 11.1 Å². The summed E-state index contributed by atoms with van der Waals surface area (Å²) >= 11 is 11.6. The third kappa shape index (κ3) is 5.02. The number of nitrogens with two attached hydrogens (primary N) is 1. The minimum Gasteiger partial charge on any atom is -0.351 e. The van der Waals surface area contributed by atoms with Gasteiger partial charge in [0, 0.05) is 11.3 Å². The van der Waals surface area contributed by atoms with E-state index in [9.17, 15) is 22.8 Å². The largest absolute Gasteiger partial charge is 0.351 e. The van der Waals surface area contributed by atoms with Gasteiger partial charge in [-0.15, -0.1) is 0 Å². The molecule has 10 nitrogen and oxygen atoms in total. The van der Waals surface area contributed by atoms with Gasteiger partial charge in [-0.05, 0) is 48.5 Å². The average molecular weight is 482 g/mol. The minimum atomic E-state index is -4.09. The molecule has 0 fully saturated rings. The standard InChI is InChI=1S/C18H13Cl2N5O5S/c19-14-9-22-25(17(27)15(14)20)12-5-1-10(2-6-12)16(26)23-11-3-7-13(8-4-11)31(29,30)24-18(21)28/h1-9H,(H,23,26)(H3,21,24,28). The molecule has 4 N–H and O–H groups in total. The topological polar surface area (TPSA) is 153 Å². The van der Waals surface area contributed by atoms with Gasteiger partial charge in [-0.25, -0.2) is 17.9 Å². The molecule has 0 atom stereocenters. The van der Waals surface area contributed by atoms with Crippen molar-refractivity contribution >= 4 is 50.9 Å². The Morgan fingerprint density at radius 2 is 1.61 bits per heavy atom. The molecular formula is C18H13Cl2N5O5S. The molecule has 1 aromatic heterocycles. The fourth-order valence-electron chi connectivity index (χ4n) is 2.46. The molecule has 3 aromatic rings. The zero-order chi connectivity index (χ0) is 22.8. The highest BCUT2D eigenvalue weighted by molar-refractivity contribution is 7.90. The van der Waals surface area contributed by atoms with Crippen LogP contribution >= 0.6 is 23.2 Å². The number of urea groups is 1. The van der Waals surface area contributed by atoms with Crippen LogP contribution in [-0.2, 0) is 10.0 Å². The number of anilines is 1. The lowest BCUT2D eigenvalue weighted by Gasteiger charge is -2.09. The van der Waals surface area contributed by atoms with Gasteiger partial charge in [0.1, 0.15) is 5.02 Å². The Kier molecular flexibility index (Phi) is 6.29. The van der Waals surface area contributed by atoms with Crippen molar-refractivity contribution in [2.24, 2.45) is 5.73 Å². The van der Waals surface area contributed by atoms with Crippen LogP contribution in [0.3, 0.4) is 0 Å². The van der Waals surface area contributed by atoms with Crippen LogP contribution in [0.4, 0.5) is 10.5 Å². The van der Waals surface area contributed by atoms with E-state index in [0.717, 1.165) is 4.68 Å². The molecule has 160 valence electrons. The second kappa shape index (κ2) is 8.76. The molecule has 0 aliphatic carbocycles. The first-order chi connectivity index (χ1) is 14.6. The Balaban J connectivity index is 1.75. The number of nitrogens with one attached hydrogen (secondary N) is 2. The molecule has 13 heteroatoms. The molecule has 0 aliphatic heterocycles. The number of nitrogens with zero attached hydrogens (tertiary/aromatic N) is 2. The van der Waals surface area contributed by atoms with E-state index in [2.05, 4.69) is 10.4 Å². The van der Waals surface area contributed by atoms with E-state index in [1.54, 1.807) is 4.72 Å². The van der Waals surface area contributed by atoms with Gasteiger partial charge in [0.05, 0.1) is 21.8 Å². The van der Waals surface area contributed by atoms with E-state index < -0.39 is 27.5 Å². The predicted octanol–water partition coefficient (Wildman–Crippen LogP) is 2.15. The summed E-state index contributed by atoms with van der Waals surface area (Å²) in [5.74, 6) is -0.480. The summed E-state index contributed by atoms with van der Waals surface area (Å²) in [5, 5.41) is 6.36. The van der Waals surface area contributed by atoms with Gasteiger partial charge >= 0.3 is 6.03 Å². The molecule has 0 saturated heterocycles. The van der Waals surface area contributed by atoms with Crippen LogP contribution < -0.4 is 21.3 Å². The maximum Gasteiger partial charge on any atom is 0.326 e. The molecule has 31 heavy (non-hydrogen) atoms. The molecule has 0 spiro atoms. The van der Waals surface area contributed by atoms with Crippen LogP contribution in [0.15, 0.2) is 64.4 Å². The summed E-state index contributed by atoms with van der Waals surface area (Å²) < 4.78 is 26.4. The molecule has 2 aromatic carbocycles. The van der Waals surface area contributed by atoms with Crippen LogP contribution in [0, 0.1) is 0 Å². The fourth-order valence-corrected chi connectivity index (χ4v) is 3.59. The highest BCUT2D eigenvalue weighted by Crippen LogP contribution is 2.18. The summed E-state index contributed by atoms with van der Waals surface area (Å²) in [7, 11) is -4.09. The monoisotopic (exact) mass is 481 g/mol. The van der Waals surface area contributed by atoms with Crippen LogP contribution in [-0.4, -0.2) is 30.1 Å². The third-order valence-electron chi connectivity index (χ3n) is 3.91. The summed E-state index contributed by atoms with van der Waals surface area (Å²) in [4.78, 5) is 35.1. The number of aromatic nitrogens is 2. The molecule has 3 amide bonds. The molecular weight excluding hydrogens is 469 g/mol. The van der Waals surface area contributed by atoms with Gasteiger partial charge in [-0.1, -0.05) is 23.2 Å². The quantitative estimate of drug-likeness (QED) is 0.507. The minimum absolute atomic E-state index is 0.0307. The van der Waals surface area contributed by atoms with Crippen molar-refractivity contribution in [3.63, 3.8) is 0 Å². The van der Waals surface area contributed by atoms with Gasteiger partial charge in [0.25, 0.3) is 21.5 Å². The number of primary amides is 1. The van der Waals surface area contributed by atoms with Crippen LogP contribution in [0.25, 0.3) is 5.69 Å². The highest BCUT2D eigenvalue weighted by Gasteiger charge is 2.16. The lowest BCUT2D eigenvalue weighted by molar-refractivity contribution is 0.102. The molecule has 3 rings (SSSR count). The first-order valence-corrected chi connectivity index (χ1v) is 10.6. The second-order valence-electron chi connectivity index (χ2n) is 6.02. The Morgan fingerprint density at radius 3 is 2.19 bits per heavy atom. The van der Waals surface area contributed by atoms with Gasteiger partial charge in [-0.3, -0.25) is 9.59 Å². The zero-order valence-electron chi connectivity index (χ0n) is 15.4. The van der Waals surface area contributed by atoms with E-state index in [0.29, 0.717) is 11.4 Å². The van der Waals surface area contributed by atoms with Crippen molar-refractivity contribution < 1.29 is 18.0 Å². The van der Waals surface area contributed by atoms with Crippen molar-refractivity contribution in [3.05, 3.63) is 80.7 Å². The lowest BCUT2D eigenvalue weighted by Crippen LogP contribution is -2.34. The third-order valence-corrected chi connectivity index (χ3v) is 6.02. The Morgan fingerprint density at radius 1 is 1.00 bits per heavy atom. The van der Waals surface area contributed by atoms with E-state index in [-0.39, 0.29) is 20.5 Å². The van der Waals surface area contributed by atoms with E-state index in [1.165, 1.54) is 54.7 Å². The van der Waals surface area contributed by atoms with E-state index >= 15 is 0 Å². The van der Waals surface area contributed by atoms with Crippen LogP contribution in [0.1, 0.15) is 10.4 Å². The van der Waals surface area contributed by atoms with Gasteiger partial charge in [-0.2, -0.15) is 9.78 Å². The van der Waals surface area contributed by atoms with Gasteiger partial charge in [0.2, 0.25) is 0 Å². The number of benzene rings is 2. The number of hydrogen-bond donors (Lipinski definition) is 3. The number of halogens is 2. The van der Waals surface area contributed by atoms with Crippen molar-refractivity contribution in [1.29, 1.82) is 0 Å². The summed E-state index contributed by atoms with van der Waals surface area (Å²) in [6.45, 7) is 0. The van der Waals surface area contributed by atoms with Crippen molar-refractivity contribution in [3.8, 4) is 5.69 Å². The van der Waals surface area contributed by atoms with E-state index in [1.807, 2.05) is 0 Å². The first kappa shape index (κ1) is 22.3. The maximum absolute atomic E-state index is 12.4. The number of carbonyl (C=O) groups excluding carboxylic acids is 2. The second-order valence-corrected chi connectivity index (χ2v) is 8.49. The van der Waals surface area contributed by atoms with Crippen LogP contribution in [0.2, 0.25) is 10.0 Å². The normalized spacial score (nSPS) is 11.0. The summed E-state index contributed by atoms with van der Waals surface area (Å²) in [6.07, 6.45) is 1.23. The van der Waals surface area contributed by atoms with E-state index in [4.69, 9.17) is 28.9 Å². The average Bonchev–Trinajstić information content (AvgIpc) is 2.72. The number of hydrogen-bond acceptors (Lipinski definition) is 6. The Hall–Kier alpha value is -3.41. The summed E-state index contributed by atoms with van der Waals surface area (Å²) in [6, 6.07) is 9.82. The Bertz CT molecular complexity index is 1320. The number of rotatable bonds is 5. The Labute approximate surface area is 185 Å². The molecule has 0 saturated carbocycles. The molecule has 0 bridgehead atoms. The zero-order valence-corrected chi connectivity index (χ0v) is 17.7. The SMILES string of the molecule is NC(=O)NS(=O)(=O)c1ccc(NC(=O)c2ccc(-n3ncc(Cl)c(Cl)c3=O)cc2)cc1. The molecule has 0 radical (unpaired) electrons. The highest BCUT2D eigenvalue weighted by atomic mass is 35.5. The number of sulfonamides is 1. The summed E-state index contributed by atoms with van der Waals surface area (Å²) in [5.41, 5.74) is 5.17. The smallest absolute Gasteiger partial charge is 0.326 e. The van der Waals surface area contributed by atoms with Crippen LogP contribution in [0.5, 0.6) is 0 Å². The first-order valence-electron chi connectivity index (χ1n) is 8.36. The predicted molar refractivity (Wildman–Crippen MR) is 114 cm³/mol. The number of amides is 3. The van der Waals surface area contributed by atoms with Crippen molar-refractivity contribution in [1.82, 2.24) is 14.5 Å². The van der Waals surface area contributed by atoms with Gasteiger partial charge in [0.15, 0.2) is 0 Å². The molecule has 0 unspecified atom stereocenters. The van der Waals surface area contributed by atoms with Crippen molar-refractivity contribution in [2.75, 3.05) is 5.32 Å². The maximum atomic E-state index is 12.4. The molecule has 1 heterocycles. The number of carbonyl (C=O) groups is 2. The lowest BCUT2D eigenvalue weighted by atomic mass is 10.2.